The number of rotatable bonds is 4. The molecule has 1 aromatic heterocycles. The van der Waals surface area contributed by atoms with Gasteiger partial charge in [0.1, 0.15) is 0 Å². The molecule has 0 spiro atoms. The highest BCUT2D eigenvalue weighted by Gasteiger charge is 2.19. The highest BCUT2D eigenvalue weighted by atomic mass is 16.5. The maximum Gasteiger partial charge on any atom is 0.267 e. The normalized spacial score (nSPS) is 14.7. The standard InChI is InChI=1S/C19H24N4O2/c1-13-18(14(2)22(3)20-13)12-23-9-8-16-6-4-15(10-17(16)11-23)5-7-19(24)21-25/h4-7,10,25H,8-9,11-12H2,1-3H3,(H,21,24). The van der Waals surface area contributed by atoms with Crippen molar-refractivity contribution in [3.8, 4) is 0 Å². The molecule has 2 N–H and O–H groups in total. The van der Waals surface area contributed by atoms with Crippen LogP contribution in [-0.4, -0.2) is 32.3 Å². The lowest BCUT2D eigenvalue weighted by Crippen LogP contribution is -2.30. The zero-order chi connectivity index (χ0) is 18.0. The second-order valence-electron chi connectivity index (χ2n) is 6.57. The van der Waals surface area contributed by atoms with Crippen LogP contribution in [0.15, 0.2) is 24.3 Å². The van der Waals surface area contributed by atoms with E-state index in [0.717, 1.165) is 37.3 Å². The van der Waals surface area contributed by atoms with E-state index in [9.17, 15) is 4.79 Å². The Morgan fingerprint density at radius 1 is 1.36 bits per heavy atom. The topological polar surface area (TPSA) is 70.4 Å². The summed E-state index contributed by atoms with van der Waals surface area (Å²) in [4.78, 5) is 13.6. The molecule has 1 aliphatic rings. The third-order valence-electron chi connectivity index (χ3n) is 4.90. The maximum atomic E-state index is 11.1. The minimum Gasteiger partial charge on any atom is -0.294 e. The third kappa shape index (κ3) is 3.81. The van der Waals surface area contributed by atoms with Crippen LogP contribution in [-0.2, 0) is 31.4 Å². The van der Waals surface area contributed by atoms with E-state index >= 15 is 0 Å². The van der Waals surface area contributed by atoms with Gasteiger partial charge < -0.3 is 0 Å². The van der Waals surface area contributed by atoms with E-state index in [-0.39, 0.29) is 0 Å². The molecular formula is C19H24N4O2. The summed E-state index contributed by atoms with van der Waals surface area (Å²) in [6, 6.07) is 6.25. The molecule has 0 atom stereocenters. The predicted molar refractivity (Wildman–Crippen MR) is 95.9 cm³/mol. The van der Waals surface area contributed by atoms with E-state index in [1.807, 2.05) is 17.8 Å². The molecule has 1 aromatic carbocycles. The second-order valence-corrected chi connectivity index (χ2v) is 6.57. The summed E-state index contributed by atoms with van der Waals surface area (Å²) in [5, 5.41) is 13.1. The average molecular weight is 340 g/mol. The van der Waals surface area contributed by atoms with E-state index in [1.54, 1.807) is 11.6 Å². The van der Waals surface area contributed by atoms with Crippen LogP contribution in [0.2, 0.25) is 0 Å². The Balaban J connectivity index is 1.75. The van der Waals surface area contributed by atoms with Gasteiger partial charge in [-0.3, -0.25) is 19.6 Å². The van der Waals surface area contributed by atoms with Crippen molar-refractivity contribution < 1.29 is 10.0 Å². The van der Waals surface area contributed by atoms with Gasteiger partial charge in [0.05, 0.1) is 5.69 Å². The first-order chi connectivity index (χ1) is 12.0. The minimum absolute atomic E-state index is 0.526. The molecule has 1 aliphatic heterocycles. The summed E-state index contributed by atoms with van der Waals surface area (Å²) in [6.45, 7) is 7.00. The fraction of sp³-hybridized carbons (Fsp3) is 0.368. The molecule has 0 fully saturated rings. The van der Waals surface area contributed by atoms with Crippen LogP contribution >= 0.6 is 0 Å². The summed E-state index contributed by atoms with van der Waals surface area (Å²) >= 11 is 0. The highest BCUT2D eigenvalue weighted by molar-refractivity contribution is 5.90. The molecule has 0 saturated carbocycles. The second kappa shape index (κ2) is 7.21. The van der Waals surface area contributed by atoms with Gasteiger partial charge in [-0.15, -0.1) is 0 Å². The van der Waals surface area contributed by atoms with Gasteiger partial charge in [-0.1, -0.05) is 18.2 Å². The lowest BCUT2D eigenvalue weighted by atomic mass is 9.96. The molecule has 0 radical (unpaired) electrons. The number of nitrogens with zero attached hydrogens (tertiary/aromatic N) is 3. The predicted octanol–water partition coefficient (Wildman–Crippen LogP) is 2.11. The van der Waals surface area contributed by atoms with Crippen LogP contribution in [0, 0.1) is 13.8 Å². The van der Waals surface area contributed by atoms with E-state index < -0.39 is 5.91 Å². The zero-order valence-corrected chi connectivity index (χ0v) is 14.9. The minimum atomic E-state index is -0.526. The van der Waals surface area contributed by atoms with Crippen molar-refractivity contribution in [1.29, 1.82) is 0 Å². The Morgan fingerprint density at radius 2 is 2.16 bits per heavy atom. The Kier molecular flexibility index (Phi) is 5.01. The summed E-state index contributed by atoms with van der Waals surface area (Å²) in [7, 11) is 1.98. The first-order valence-electron chi connectivity index (χ1n) is 8.43. The van der Waals surface area contributed by atoms with Crippen LogP contribution in [0.3, 0.4) is 0 Å². The Morgan fingerprint density at radius 3 is 2.84 bits per heavy atom. The van der Waals surface area contributed by atoms with Crippen LogP contribution in [0.5, 0.6) is 0 Å². The molecule has 0 aliphatic carbocycles. The number of hydroxylamine groups is 1. The van der Waals surface area contributed by atoms with Crippen molar-refractivity contribution in [2.45, 2.75) is 33.4 Å². The van der Waals surface area contributed by atoms with Crippen LogP contribution < -0.4 is 5.48 Å². The number of hydrogen-bond acceptors (Lipinski definition) is 4. The van der Waals surface area contributed by atoms with Crippen LogP contribution in [0.4, 0.5) is 0 Å². The number of carbonyl (C=O) groups is 1. The molecule has 0 bridgehead atoms. The first kappa shape index (κ1) is 17.4. The van der Waals surface area contributed by atoms with Gasteiger partial charge in [-0.2, -0.15) is 5.10 Å². The smallest absolute Gasteiger partial charge is 0.267 e. The number of amides is 1. The number of carbonyl (C=O) groups excluding carboxylic acids is 1. The summed E-state index contributed by atoms with van der Waals surface area (Å²) in [5.41, 5.74) is 8.83. The number of aromatic nitrogens is 2. The molecular weight excluding hydrogens is 316 g/mol. The maximum absolute atomic E-state index is 11.1. The molecule has 2 heterocycles. The van der Waals surface area contributed by atoms with Gasteiger partial charge in [-0.05, 0) is 43.0 Å². The monoisotopic (exact) mass is 340 g/mol. The van der Waals surface area contributed by atoms with Crippen molar-refractivity contribution in [2.75, 3.05) is 6.54 Å². The number of aryl methyl sites for hydroxylation is 2. The van der Waals surface area contributed by atoms with Crippen molar-refractivity contribution >= 4 is 12.0 Å². The van der Waals surface area contributed by atoms with E-state index in [0.29, 0.717) is 0 Å². The fourth-order valence-corrected chi connectivity index (χ4v) is 3.35. The molecule has 1 amide bonds. The largest absolute Gasteiger partial charge is 0.294 e. The van der Waals surface area contributed by atoms with Crippen molar-refractivity contribution in [3.05, 3.63) is 57.9 Å². The molecule has 6 nitrogen and oxygen atoms in total. The van der Waals surface area contributed by atoms with E-state index in [4.69, 9.17) is 5.21 Å². The quantitative estimate of drug-likeness (QED) is 0.508. The Bertz CT molecular complexity index is 823. The molecule has 0 saturated heterocycles. The molecule has 3 rings (SSSR count). The first-order valence-corrected chi connectivity index (χ1v) is 8.43. The summed E-state index contributed by atoms with van der Waals surface area (Å²) in [6.07, 6.45) is 4.06. The number of fused-ring (bicyclic) bond motifs is 1. The van der Waals surface area contributed by atoms with E-state index in [2.05, 4.69) is 36.0 Å². The lowest BCUT2D eigenvalue weighted by molar-refractivity contribution is -0.124. The van der Waals surface area contributed by atoms with Gasteiger partial charge in [-0.25, -0.2) is 5.48 Å². The Hall–Kier alpha value is -2.44. The molecule has 6 heteroatoms. The van der Waals surface area contributed by atoms with Crippen molar-refractivity contribution in [1.82, 2.24) is 20.2 Å². The zero-order valence-electron chi connectivity index (χ0n) is 14.9. The van der Waals surface area contributed by atoms with Gasteiger partial charge in [0.15, 0.2) is 0 Å². The van der Waals surface area contributed by atoms with Crippen molar-refractivity contribution in [2.24, 2.45) is 7.05 Å². The van der Waals surface area contributed by atoms with Gasteiger partial charge in [0, 0.05) is 44.0 Å². The van der Waals surface area contributed by atoms with E-state index in [1.165, 1.54) is 28.5 Å². The third-order valence-corrected chi connectivity index (χ3v) is 4.90. The lowest BCUT2D eigenvalue weighted by Gasteiger charge is -2.29. The Labute approximate surface area is 147 Å². The molecule has 132 valence electrons. The number of nitrogens with one attached hydrogen (secondary N) is 1. The SMILES string of the molecule is Cc1nn(C)c(C)c1CN1CCc2ccc(C=CC(=O)NO)cc2C1. The highest BCUT2D eigenvalue weighted by Crippen LogP contribution is 2.24. The number of hydrogen-bond donors (Lipinski definition) is 2. The summed E-state index contributed by atoms with van der Waals surface area (Å²) < 4.78 is 1.94. The average Bonchev–Trinajstić information content (AvgIpc) is 2.85. The molecule has 0 unspecified atom stereocenters. The molecule has 25 heavy (non-hydrogen) atoms. The van der Waals surface area contributed by atoms with Gasteiger partial charge >= 0.3 is 0 Å². The number of benzene rings is 1. The van der Waals surface area contributed by atoms with Crippen LogP contribution in [0.1, 0.15) is 33.6 Å². The summed E-state index contributed by atoms with van der Waals surface area (Å²) in [5.74, 6) is -0.526. The van der Waals surface area contributed by atoms with Crippen molar-refractivity contribution in [3.63, 3.8) is 0 Å². The molecule has 2 aromatic rings. The fourth-order valence-electron chi connectivity index (χ4n) is 3.35. The van der Waals surface area contributed by atoms with Gasteiger partial charge in [0.25, 0.3) is 5.91 Å². The van der Waals surface area contributed by atoms with Crippen LogP contribution in [0.25, 0.3) is 6.08 Å². The van der Waals surface area contributed by atoms with Gasteiger partial charge in [0.2, 0.25) is 0 Å².